The summed E-state index contributed by atoms with van der Waals surface area (Å²) >= 11 is 4.60. The molecule has 0 N–H and O–H groups in total. The van der Waals surface area contributed by atoms with Crippen molar-refractivity contribution in [3.8, 4) is 0 Å². The lowest BCUT2D eigenvalue weighted by Gasteiger charge is -2.21. The highest BCUT2D eigenvalue weighted by Crippen LogP contribution is 2.50. The van der Waals surface area contributed by atoms with Crippen LogP contribution in [0.4, 0.5) is 0 Å². The average Bonchev–Trinajstić information content (AvgIpc) is 1.30. The van der Waals surface area contributed by atoms with Gasteiger partial charge in [-0.15, -0.1) is 11.8 Å². The second-order valence-electron chi connectivity index (χ2n) is 0.925. The van der Waals surface area contributed by atoms with E-state index < -0.39 is 0 Å². The van der Waals surface area contributed by atoms with E-state index in [1.165, 1.54) is 10.2 Å². The summed E-state index contributed by atoms with van der Waals surface area (Å²) in [6.07, 6.45) is 0. The number of hydrogen-bond acceptors (Lipinski definition) is 1. The van der Waals surface area contributed by atoms with Crippen molar-refractivity contribution >= 4 is 41.0 Å². The second kappa shape index (κ2) is 1.93. The molecule has 3 heteroatoms. The monoisotopic (exact) mass is 220 g/mol. The number of thioether (sulfide) groups is 1. The van der Waals surface area contributed by atoms with Crippen LogP contribution in [0, 0.1) is 0 Å². The Balaban J connectivity index is 2.08. The SMILES string of the molecule is I[SH]1CSC1. The third-order valence-electron chi connectivity index (χ3n) is 0.463. The van der Waals surface area contributed by atoms with Gasteiger partial charge in [0.05, 0.1) is 0 Å². The third kappa shape index (κ3) is 1.16. The van der Waals surface area contributed by atoms with Gasteiger partial charge in [0.25, 0.3) is 0 Å². The summed E-state index contributed by atoms with van der Waals surface area (Å²) in [7, 11) is 0.515. The fourth-order valence-electron chi connectivity index (χ4n) is 0.160. The molecule has 1 aliphatic rings. The van der Waals surface area contributed by atoms with Crippen molar-refractivity contribution in [1.29, 1.82) is 0 Å². The van der Waals surface area contributed by atoms with Gasteiger partial charge in [-0.05, 0) is 21.2 Å². The predicted molar refractivity (Wildman–Crippen MR) is 40.3 cm³/mol. The molecule has 0 unspecified atom stereocenters. The molecular weight excluding hydrogens is 215 g/mol. The lowest BCUT2D eigenvalue weighted by Crippen LogP contribution is -1.90. The number of hydrogen-bond donors (Lipinski definition) is 1. The van der Waals surface area contributed by atoms with E-state index in [0.29, 0.717) is 8.07 Å². The van der Waals surface area contributed by atoms with Gasteiger partial charge in [-0.3, -0.25) is 0 Å². The summed E-state index contributed by atoms with van der Waals surface area (Å²) in [5, 5.41) is 2.91. The Kier molecular flexibility index (Phi) is 1.77. The van der Waals surface area contributed by atoms with E-state index in [0.717, 1.165) is 0 Å². The van der Waals surface area contributed by atoms with Crippen molar-refractivity contribution in [1.82, 2.24) is 0 Å². The zero-order chi connectivity index (χ0) is 3.70. The molecular formula is C2H5IS2. The van der Waals surface area contributed by atoms with Crippen molar-refractivity contribution in [3.63, 3.8) is 0 Å². The van der Waals surface area contributed by atoms with Gasteiger partial charge in [0.2, 0.25) is 0 Å². The van der Waals surface area contributed by atoms with Crippen molar-refractivity contribution in [2.24, 2.45) is 0 Å². The Labute approximate surface area is 51.0 Å². The van der Waals surface area contributed by atoms with Crippen LogP contribution in [-0.2, 0) is 0 Å². The molecule has 0 saturated carbocycles. The van der Waals surface area contributed by atoms with E-state index in [9.17, 15) is 0 Å². The Hall–Kier alpha value is 1.43. The quantitative estimate of drug-likeness (QED) is 0.481. The molecule has 0 amide bonds. The van der Waals surface area contributed by atoms with Gasteiger partial charge in [-0.2, -0.15) is 8.07 Å². The van der Waals surface area contributed by atoms with E-state index in [4.69, 9.17) is 0 Å². The van der Waals surface area contributed by atoms with E-state index in [-0.39, 0.29) is 0 Å². The smallest absolute Gasteiger partial charge is 0.0306 e. The first-order valence-electron chi connectivity index (χ1n) is 1.38. The van der Waals surface area contributed by atoms with Crippen molar-refractivity contribution in [2.75, 3.05) is 10.2 Å². The van der Waals surface area contributed by atoms with Crippen LogP contribution in [0.15, 0.2) is 0 Å². The minimum atomic E-state index is 0.515. The zero-order valence-electron chi connectivity index (χ0n) is 2.65. The molecule has 1 heterocycles. The molecule has 0 atom stereocenters. The van der Waals surface area contributed by atoms with Crippen molar-refractivity contribution < 1.29 is 0 Å². The number of thiol groups is 1. The average molecular weight is 220 g/mol. The summed E-state index contributed by atoms with van der Waals surface area (Å²) in [5.41, 5.74) is 0. The van der Waals surface area contributed by atoms with E-state index in [1.54, 1.807) is 0 Å². The van der Waals surface area contributed by atoms with Crippen LogP contribution >= 0.6 is 41.0 Å². The molecule has 5 heavy (non-hydrogen) atoms. The highest BCUT2D eigenvalue weighted by Gasteiger charge is 2.07. The maximum atomic E-state index is 2.54. The highest BCUT2D eigenvalue weighted by molar-refractivity contribution is 14.2. The lowest BCUT2D eigenvalue weighted by atomic mass is 11.8. The van der Waals surface area contributed by atoms with Gasteiger partial charge in [0, 0.05) is 10.2 Å². The van der Waals surface area contributed by atoms with Gasteiger partial charge < -0.3 is 0 Å². The molecule has 0 aromatic rings. The first-order valence-corrected chi connectivity index (χ1v) is 7.03. The largest absolute Gasteiger partial charge is 0.181 e. The van der Waals surface area contributed by atoms with Gasteiger partial charge >= 0.3 is 0 Å². The standard InChI is InChI=1S/C2H5IS2/c3-5-1-4-2-5/h5H,1-2H2. The molecule has 0 aliphatic carbocycles. The lowest BCUT2D eigenvalue weighted by molar-refractivity contribution is 2.03. The third-order valence-corrected chi connectivity index (χ3v) is 9.18. The van der Waals surface area contributed by atoms with E-state index >= 15 is 0 Å². The maximum Gasteiger partial charge on any atom is 0.0306 e. The molecule has 0 radical (unpaired) electrons. The fourth-order valence-corrected chi connectivity index (χ4v) is 4.99. The Bertz CT molecular complexity index is 34.6. The summed E-state index contributed by atoms with van der Waals surface area (Å²) in [6.45, 7) is 0. The summed E-state index contributed by atoms with van der Waals surface area (Å²) in [4.78, 5) is 0. The molecule has 0 bridgehead atoms. The first-order chi connectivity index (χ1) is 2.39. The van der Waals surface area contributed by atoms with E-state index in [2.05, 4.69) is 33.0 Å². The van der Waals surface area contributed by atoms with Crippen LogP contribution in [0.3, 0.4) is 0 Å². The van der Waals surface area contributed by atoms with Crippen molar-refractivity contribution in [2.45, 2.75) is 0 Å². The fraction of sp³-hybridized carbons (Fsp3) is 1.00. The Morgan fingerprint density at radius 2 is 2.00 bits per heavy atom. The first kappa shape index (κ1) is 4.59. The second-order valence-corrected chi connectivity index (χ2v) is 8.42. The summed E-state index contributed by atoms with van der Waals surface area (Å²) in [5.74, 6) is 0. The zero-order valence-corrected chi connectivity index (χ0v) is 6.52. The van der Waals surface area contributed by atoms with E-state index in [1.807, 2.05) is 0 Å². The molecule has 0 nitrogen and oxygen atoms in total. The summed E-state index contributed by atoms with van der Waals surface area (Å²) in [6, 6.07) is 0. The van der Waals surface area contributed by atoms with Crippen LogP contribution in [0.25, 0.3) is 0 Å². The molecule has 0 aromatic heterocycles. The topological polar surface area (TPSA) is 0 Å². The molecule has 0 spiro atoms. The van der Waals surface area contributed by atoms with Crippen LogP contribution in [0.2, 0.25) is 0 Å². The normalized spacial score (nSPS) is 29.4. The molecule has 1 aliphatic heterocycles. The van der Waals surface area contributed by atoms with Crippen molar-refractivity contribution in [3.05, 3.63) is 0 Å². The van der Waals surface area contributed by atoms with Gasteiger partial charge in [-0.25, -0.2) is 0 Å². The highest BCUT2D eigenvalue weighted by atomic mass is 127. The van der Waals surface area contributed by atoms with Crippen LogP contribution < -0.4 is 0 Å². The predicted octanol–water partition coefficient (Wildman–Crippen LogP) is 2.00. The Morgan fingerprint density at radius 1 is 1.60 bits per heavy atom. The summed E-state index contributed by atoms with van der Waals surface area (Å²) < 4.78 is 0. The number of rotatable bonds is 0. The minimum absolute atomic E-state index is 0.515. The Morgan fingerprint density at radius 3 is 2.00 bits per heavy atom. The molecule has 32 valence electrons. The van der Waals surface area contributed by atoms with Gasteiger partial charge in [0.15, 0.2) is 0 Å². The molecule has 0 aromatic carbocycles. The molecule has 1 saturated heterocycles. The minimum Gasteiger partial charge on any atom is -0.181 e. The number of halogens is 1. The van der Waals surface area contributed by atoms with Crippen LogP contribution in [0.5, 0.6) is 0 Å². The maximum absolute atomic E-state index is 2.54. The van der Waals surface area contributed by atoms with Gasteiger partial charge in [0.1, 0.15) is 0 Å². The molecule has 1 rings (SSSR count). The molecule has 1 fully saturated rings. The van der Waals surface area contributed by atoms with Crippen LogP contribution in [-0.4, -0.2) is 10.2 Å². The van der Waals surface area contributed by atoms with Crippen LogP contribution in [0.1, 0.15) is 0 Å². The van der Waals surface area contributed by atoms with Gasteiger partial charge in [-0.1, -0.05) is 0 Å².